The molecule has 0 fully saturated rings. The van der Waals surface area contributed by atoms with E-state index >= 15 is 0 Å². The Balaban J connectivity index is 2.12. The van der Waals surface area contributed by atoms with E-state index in [4.69, 9.17) is 0 Å². The molecule has 1 amide bonds. The predicted molar refractivity (Wildman–Crippen MR) is 96.0 cm³/mol. The van der Waals surface area contributed by atoms with Crippen LogP contribution in [0.2, 0.25) is 0 Å². The lowest BCUT2D eigenvalue weighted by Crippen LogP contribution is -2.22. The Kier molecular flexibility index (Phi) is 6.22. The van der Waals surface area contributed by atoms with Crippen LogP contribution in [0.4, 0.5) is 14.5 Å². The van der Waals surface area contributed by atoms with Gasteiger partial charge in [0.1, 0.15) is 11.6 Å². The highest BCUT2D eigenvalue weighted by atomic mass is 19.1. The van der Waals surface area contributed by atoms with E-state index in [-0.39, 0.29) is 11.3 Å². The van der Waals surface area contributed by atoms with Gasteiger partial charge in [0.25, 0.3) is 5.91 Å². The van der Waals surface area contributed by atoms with Crippen LogP contribution in [0.1, 0.15) is 36.7 Å². The second-order valence-electron chi connectivity index (χ2n) is 5.45. The summed E-state index contributed by atoms with van der Waals surface area (Å²) in [5, 5.41) is 3.81. The fourth-order valence-electron chi connectivity index (χ4n) is 2.51. The first-order valence-electron chi connectivity index (χ1n) is 8.11. The largest absolute Gasteiger partial charge is 0.372 e. The van der Waals surface area contributed by atoms with E-state index in [1.165, 1.54) is 13.0 Å². The second kappa shape index (κ2) is 8.37. The molecule has 6 heteroatoms. The van der Waals surface area contributed by atoms with Crippen LogP contribution in [0.3, 0.4) is 0 Å². The minimum Gasteiger partial charge on any atom is -0.372 e. The predicted octanol–water partition coefficient (Wildman–Crippen LogP) is 3.97. The lowest BCUT2D eigenvalue weighted by Gasteiger charge is -2.20. The molecule has 0 bridgehead atoms. The summed E-state index contributed by atoms with van der Waals surface area (Å²) in [6.45, 7) is 7.30. The fraction of sp³-hybridized carbons (Fsp3) is 0.263. The van der Waals surface area contributed by atoms with E-state index in [1.807, 2.05) is 12.1 Å². The average molecular weight is 345 g/mol. The van der Waals surface area contributed by atoms with Crippen LogP contribution in [0.5, 0.6) is 0 Å². The Morgan fingerprint density at radius 2 is 1.60 bits per heavy atom. The van der Waals surface area contributed by atoms with Crippen molar-refractivity contribution < 1.29 is 13.6 Å². The van der Waals surface area contributed by atoms with Crippen LogP contribution in [0.25, 0.3) is 0 Å². The molecule has 0 aromatic heterocycles. The second-order valence-corrected chi connectivity index (χ2v) is 5.45. The third-order valence-electron chi connectivity index (χ3n) is 3.91. The third-order valence-corrected chi connectivity index (χ3v) is 3.91. The average Bonchev–Trinajstić information content (AvgIpc) is 2.61. The maximum absolute atomic E-state index is 13.7. The molecule has 132 valence electrons. The van der Waals surface area contributed by atoms with Gasteiger partial charge in [-0.05, 0) is 57.2 Å². The number of halogens is 2. The van der Waals surface area contributed by atoms with E-state index in [1.54, 1.807) is 12.1 Å². The molecule has 0 spiro atoms. The van der Waals surface area contributed by atoms with Gasteiger partial charge in [0, 0.05) is 24.3 Å². The van der Waals surface area contributed by atoms with Gasteiger partial charge in [0.15, 0.2) is 0 Å². The third kappa shape index (κ3) is 4.41. The van der Waals surface area contributed by atoms with Crippen molar-refractivity contribution in [2.24, 2.45) is 5.10 Å². The van der Waals surface area contributed by atoms with Gasteiger partial charge in [0.05, 0.1) is 11.3 Å². The number of carbonyl (C=O) groups is 1. The summed E-state index contributed by atoms with van der Waals surface area (Å²) in [7, 11) is 0. The number of rotatable bonds is 6. The molecule has 0 unspecified atom stereocenters. The number of amides is 1. The summed E-state index contributed by atoms with van der Waals surface area (Å²) in [5.41, 5.74) is 3.58. The Morgan fingerprint density at radius 1 is 1.04 bits per heavy atom. The van der Waals surface area contributed by atoms with Crippen molar-refractivity contribution in [2.45, 2.75) is 20.8 Å². The molecule has 0 radical (unpaired) electrons. The quantitative estimate of drug-likeness (QED) is 0.636. The van der Waals surface area contributed by atoms with Crippen LogP contribution < -0.4 is 10.3 Å². The van der Waals surface area contributed by atoms with Crippen molar-refractivity contribution in [3.05, 3.63) is 65.2 Å². The fourth-order valence-corrected chi connectivity index (χ4v) is 2.51. The number of nitrogens with zero attached hydrogens (tertiary/aromatic N) is 2. The summed E-state index contributed by atoms with van der Waals surface area (Å²) in [6, 6.07) is 10.7. The van der Waals surface area contributed by atoms with Gasteiger partial charge >= 0.3 is 0 Å². The summed E-state index contributed by atoms with van der Waals surface area (Å²) in [4.78, 5) is 14.3. The Bertz CT molecular complexity index is 748. The molecule has 0 saturated carbocycles. The molecular weight excluding hydrogens is 324 g/mol. The minimum absolute atomic E-state index is 0.0590. The number of hydrogen-bond donors (Lipinski definition) is 1. The van der Waals surface area contributed by atoms with E-state index in [0.29, 0.717) is 5.56 Å². The first-order valence-corrected chi connectivity index (χ1v) is 8.11. The van der Waals surface area contributed by atoms with Crippen LogP contribution in [0.15, 0.2) is 47.6 Å². The number of carbonyl (C=O) groups excluding carboxylic acids is 1. The van der Waals surface area contributed by atoms with Crippen LogP contribution in [-0.2, 0) is 0 Å². The van der Waals surface area contributed by atoms with Gasteiger partial charge in [-0.25, -0.2) is 14.2 Å². The number of nitrogens with one attached hydrogen (secondary N) is 1. The molecule has 0 saturated heterocycles. The summed E-state index contributed by atoms with van der Waals surface area (Å²) in [6.07, 6.45) is 0. The molecule has 4 nitrogen and oxygen atoms in total. The smallest absolute Gasteiger partial charge is 0.271 e. The van der Waals surface area contributed by atoms with E-state index in [9.17, 15) is 13.6 Å². The number of hydrogen-bond acceptors (Lipinski definition) is 3. The van der Waals surface area contributed by atoms with E-state index in [0.717, 1.165) is 30.9 Å². The highest BCUT2D eigenvalue weighted by molar-refractivity contribution is 6.01. The van der Waals surface area contributed by atoms with Crippen molar-refractivity contribution in [3.8, 4) is 0 Å². The highest BCUT2D eigenvalue weighted by Gasteiger charge is 2.12. The molecule has 2 aromatic rings. The monoisotopic (exact) mass is 345 g/mol. The summed E-state index contributed by atoms with van der Waals surface area (Å²) < 4.78 is 27.4. The molecule has 25 heavy (non-hydrogen) atoms. The Hall–Kier alpha value is -2.76. The van der Waals surface area contributed by atoms with Crippen LogP contribution in [0, 0.1) is 11.6 Å². The van der Waals surface area contributed by atoms with Gasteiger partial charge < -0.3 is 4.90 Å². The Morgan fingerprint density at radius 3 is 2.12 bits per heavy atom. The number of anilines is 1. The number of benzene rings is 2. The SMILES string of the molecule is CCN(CC)c1ccc(C(=O)N/N=C(/C)c2c(F)cccc2F)cc1. The zero-order valence-corrected chi connectivity index (χ0v) is 14.5. The Labute approximate surface area is 146 Å². The van der Waals surface area contributed by atoms with Crippen molar-refractivity contribution in [2.75, 3.05) is 18.0 Å². The topological polar surface area (TPSA) is 44.7 Å². The van der Waals surface area contributed by atoms with Crippen LogP contribution >= 0.6 is 0 Å². The van der Waals surface area contributed by atoms with E-state index in [2.05, 4.69) is 29.3 Å². The van der Waals surface area contributed by atoms with Gasteiger partial charge in [0.2, 0.25) is 0 Å². The van der Waals surface area contributed by atoms with Crippen molar-refractivity contribution in [1.82, 2.24) is 5.43 Å². The van der Waals surface area contributed by atoms with Crippen molar-refractivity contribution in [3.63, 3.8) is 0 Å². The minimum atomic E-state index is -0.723. The molecule has 0 aliphatic heterocycles. The molecule has 0 atom stereocenters. The first-order chi connectivity index (χ1) is 12.0. The molecule has 1 N–H and O–H groups in total. The molecular formula is C19H21F2N3O. The van der Waals surface area contributed by atoms with Crippen molar-refractivity contribution >= 4 is 17.3 Å². The zero-order chi connectivity index (χ0) is 18.4. The maximum atomic E-state index is 13.7. The van der Waals surface area contributed by atoms with E-state index < -0.39 is 17.5 Å². The van der Waals surface area contributed by atoms with Gasteiger partial charge in [-0.3, -0.25) is 4.79 Å². The molecule has 0 aliphatic rings. The summed E-state index contributed by atoms with van der Waals surface area (Å²) >= 11 is 0. The molecule has 0 aliphatic carbocycles. The summed E-state index contributed by atoms with van der Waals surface area (Å²) in [5.74, 6) is -1.89. The highest BCUT2D eigenvalue weighted by Crippen LogP contribution is 2.15. The molecule has 2 rings (SSSR count). The maximum Gasteiger partial charge on any atom is 0.271 e. The van der Waals surface area contributed by atoms with Gasteiger partial charge in [-0.15, -0.1) is 0 Å². The normalized spacial score (nSPS) is 11.3. The lowest BCUT2D eigenvalue weighted by atomic mass is 10.1. The zero-order valence-electron chi connectivity index (χ0n) is 14.5. The first kappa shape index (κ1) is 18.6. The standard InChI is InChI=1S/C19H21F2N3O/c1-4-24(5-2)15-11-9-14(10-12-15)19(25)23-22-13(3)18-16(20)7-6-8-17(18)21/h6-12H,4-5H2,1-3H3,(H,23,25)/b22-13-. The van der Waals surface area contributed by atoms with Gasteiger partial charge in [-0.2, -0.15) is 5.10 Å². The lowest BCUT2D eigenvalue weighted by molar-refractivity contribution is 0.0955. The van der Waals surface area contributed by atoms with Crippen LogP contribution in [-0.4, -0.2) is 24.7 Å². The number of hydrazone groups is 1. The van der Waals surface area contributed by atoms with Crippen molar-refractivity contribution in [1.29, 1.82) is 0 Å². The molecule has 0 heterocycles. The van der Waals surface area contributed by atoms with Gasteiger partial charge in [-0.1, -0.05) is 6.07 Å². The molecule has 2 aromatic carbocycles.